The van der Waals surface area contributed by atoms with E-state index in [1.165, 1.54) is 0 Å². The van der Waals surface area contributed by atoms with Gasteiger partial charge in [0.05, 0.1) is 7.11 Å². The van der Waals surface area contributed by atoms with Gasteiger partial charge in [-0.3, -0.25) is 0 Å². The minimum Gasteiger partial charge on any atom is -0.497 e. The second kappa shape index (κ2) is 4.62. The molecule has 2 rings (SSSR count). The fraction of sp³-hybridized carbons (Fsp3) is 0.357. The maximum Gasteiger partial charge on any atom is 0.334 e. The first-order chi connectivity index (χ1) is 8.17. The topological polar surface area (TPSA) is 35.5 Å². The van der Waals surface area contributed by atoms with Crippen LogP contribution in [0.1, 0.15) is 25.0 Å². The highest BCUT2D eigenvalue weighted by molar-refractivity contribution is 5.90. The predicted octanol–water partition coefficient (Wildman–Crippen LogP) is 2.88. The van der Waals surface area contributed by atoms with Gasteiger partial charge in [-0.2, -0.15) is 0 Å². The number of rotatable bonds is 3. The molecule has 1 saturated heterocycles. The molecule has 1 aromatic rings. The Kier molecular flexibility index (Phi) is 3.18. The molecule has 0 amide bonds. The molecular formula is C14H16O3. The molecule has 0 aromatic heterocycles. The van der Waals surface area contributed by atoms with E-state index in [2.05, 4.69) is 6.58 Å². The Morgan fingerprint density at radius 2 is 2.00 bits per heavy atom. The number of cyclic esters (lactones) is 1. The molecule has 2 atom stereocenters. The van der Waals surface area contributed by atoms with Crippen LogP contribution in [0.15, 0.2) is 36.4 Å². The van der Waals surface area contributed by atoms with Gasteiger partial charge in [0.1, 0.15) is 11.9 Å². The van der Waals surface area contributed by atoms with Crippen molar-refractivity contribution in [1.82, 2.24) is 0 Å². The summed E-state index contributed by atoms with van der Waals surface area (Å²) in [5, 5.41) is 0. The van der Waals surface area contributed by atoms with Gasteiger partial charge in [0.15, 0.2) is 0 Å². The molecule has 0 bridgehead atoms. The number of hydrogen-bond donors (Lipinski definition) is 0. The number of carbonyl (C=O) groups excluding carboxylic acids is 1. The third kappa shape index (κ3) is 2.05. The van der Waals surface area contributed by atoms with E-state index in [9.17, 15) is 4.79 Å². The van der Waals surface area contributed by atoms with Crippen molar-refractivity contribution in [1.29, 1.82) is 0 Å². The Hall–Kier alpha value is -1.77. The summed E-state index contributed by atoms with van der Waals surface area (Å²) >= 11 is 0. The van der Waals surface area contributed by atoms with Crippen LogP contribution in [0, 0.1) is 5.92 Å². The Bertz CT molecular complexity index is 433. The summed E-state index contributed by atoms with van der Waals surface area (Å²) in [7, 11) is 1.63. The summed E-state index contributed by atoms with van der Waals surface area (Å²) in [6.45, 7) is 5.83. The fourth-order valence-corrected chi connectivity index (χ4v) is 2.16. The molecule has 1 aliphatic heterocycles. The first kappa shape index (κ1) is 11.7. The van der Waals surface area contributed by atoms with Crippen LogP contribution in [-0.2, 0) is 9.53 Å². The maximum atomic E-state index is 11.5. The number of ether oxygens (including phenoxy) is 2. The highest BCUT2D eigenvalue weighted by Crippen LogP contribution is 2.40. The summed E-state index contributed by atoms with van der Waals surface area (Å²) in [5.41, 5.74) is 1.57. The lowest BCUT2D eigenvalue weighted by Gasteiger charge is -2.16. The van der Waals surface area contributed by atoms with E-state index < -0.39 is 0 Å². The molecule has 1 heterocycles. The molecule has 0 unspecified atom stereocenters. The first-order valence-corrected chi connectivity index (χ1v) is 5.71. The Morgan fingerprint density at radius 3 is 2.53 bits per heavy atom. The number of methoxy groups -OCH3 is 1. The van der Waals surface area contributed by atoms with Crippen molar-refractivity contribution in [2.45, 2.75) is 19.4 Å². The number of esters is 1. The van der Waals surface area contributed by atoms with Gasteiger partial charge in [0, 0.05) is 11.5 Å². The standard InChI is InChI=1S/C14H16O3/c1-4-12-9(2)14(15)17-13(12)10-5-7-11(16-3)8-6-10/h5-8,12-13H,2,4H2,1,3H3/t12-,13+/m0/s1. The molecule has 3 nitrogen and oxygen atoms in total. The number of hydrogen-bond acceptors (Lipinski definition) is 3. The van der Waals surface area contributed by atoms with Crippen molar-refractivity contribution in [2.75, 3.05) is 7.11 Å². The van der Waals surface area contributed by atoms with E-state index in [0.717, 1.165) is 17.7 Å². The summed E-state index contributed by atoms with van der Waals surface area (Å²) in [4.78, 5) is 11.5. The van der Waals surface area contributed by atoms with Crippen LogP contribution in [0.2, 0.25) is 0 Å². The second-order valence-electron chi connectivity index (χ2n) is 4.14. The van der Waals surface area contributed by atoms with E-state index >= 15 is 0 Å². The third-order valence-corrected chi connectivity index (χ3v) is 3.19. The van der Waals surface area contributed by atoms with Gasteiger partial charge < -0.3 is 9.47 Å². The van der Waals surface area contributed by atoms with Crippen LogP contribution in [0.25, 0.3) is 0 Å². The smallest absolute Gasteiger partial charge is 0.334 e. The lowest BCUT2D eigenvalue weighted by Crippen LogP contribution is -2.07. The minimum atomic E-state index is -0.280. The quantitative estimate of drug-likeness (QED) is 0.593. The van der Waals surface area contributed by atoms with Crippen LogP contribution >= 0.6 is 0 Å². The number of carbonyl (C=O) groups is 1. The zero-order chi connectivity index (χ0) is 12.4. The van der Waals surface area contributed by atoms with Gasteiger partial charge in [-0.25, -0.2) is 4.79 Å². The summed E-state index contributed by atoms with van der Waals surface area (Å²) in [5.74, 6) is 0.596. The van der Waals surface area contributed by atoms with Crippen molar-refractivity contribution >= 4 is 5.97 Å². The highest BCUT2D eigenvalue weighted by Gasteiger charge is 2.38. The second-order valence-corrected chi connectivity index (χ2v) is 4.14. The van der Waals surface area contributed by atoms with E-state index in [0.29, 0.717) is 5.57 Å². The SMILES string of the molecule is C=C1C(=O)O[C@H](c2ccc(OC)cc2)[C@H]1CC. The lowest BCUT2D eigenvalue weighted by molar-refractivity contribution is -0.139. The summed E-state index contributed by atoms with van der Waals surface area (Å²) in [6, 6.07) is 7.60. The van der Waals surface area contributed by atoms with Crippen LogP contribution < -0.4 is 4.74 Å². The molecule has 0 spiro atoms. The van der Waals surface area contributed by atoms with Gasteiger partial charge in [-0.05, 0) is 24.1 Å². The average Bonchev–Trinajstić information content (AvgIpc) is 2.65. The largest absolute Gasteiger partial charge is 0.497 e. The van der Waals surface area contributed by atoms with Crippen molar-refractivity contribution in [3.63, 3.8) is 0 Å². The highest BCUT2D eigenvalue weighted by atomic mass is 16.6. The Balaban J connectivity index is 2.26. The third-order valence-electron chi connectivity index (χ3n) is 3.19. The van der Waals surface area contributed by atoms with Crippen molar-refractivity contribution < 1.29 is 14.3 Å². The Morgan fingerprint density at radius 1 is 1.35 bits per heavy atom. The van der Waals surface area contributed by atoms with Crippen LogP contribution in [0.3, 0.4) is 0 Å². The molecular weight excluding hydrogens is 216 g/mol. The summed E-state index contributed by atoms with van der Waals surface area (Å²) < 4.78 is 10.5. The van der Waals surface area contributed by atoms with E-state index in [4.69, 9.17) is 9.47 Å². The zero-order valence-electron chi connectivity index (χ0n) is 10.1. The van der Waals surface area contributed by atoms with Crippen molar-refractivity contribution in [3.05, 3.63) is 42.0 Å². The van der Waals surface area contributed by atoms with Gasteiger partial charge in [-0.15, -0.1) is 0 Å². The average molecular weight is 232 g/mol. The fourth-order valence-electron chi connectivity index (χ4n) is 2.16. The molecule has 17 heavy (non-hydrogen) atoms. The minimum absolute atomic E-state index is 0.0795. The van der Waals surface area contributed by atoms with Crippen molar-refractivity contribution in [2.24, 2.45) is 5.92 Å². The van der Waals surface area contributed by atoms with Crippen LogP contribution in [-0.4, -0.2) is 13.1 Å². The zero-order valence-corrected chi connectivity index (χ0v) is 10.1. The van der Waals surface area contributed by atoms with E-state index in [-0.39, 0.29) is 18.0 Å². The van der Waals surface area contributed by atoms with Gasteiger partial charge in [0.2, 0.25) is 0 Å². The summed E-state index contributed by atoms with van der Waals surface area (Å²) in [6.07, 6.45) is 0.646. The lowest BCUT2D eigenvalue weighted by atomic mass is 9.90. The Labute approximate surface area is 101 Å². The molecule has 1 aliphatic rings. The van der Waals surface area contributed by atoms with Crippen LogP contribution in [0.5, 0.6) is 5.75 Å². The molecule has 0 radical (unpaired) electrons. The molecule has 0 saturated carbocycles. The van der Waals surface area contributed by atoms with Crippen LogP contribution in [0.4, 0.5) is 0 Å². The maximum absolute atomic E-state index is 11.5. The van der Waals surface area contributed by atoms with Gasteiger partial charge in [-0.1, -0.05) is 25.6 Å². The van der Waals surface area contributed by atoms with E-state index in [1.54, 1.807) is 7.11 Å². The predicted molar refractivity (Wildman–Crippen MR) is 64.7 cm³/mol. The first-order valence-electron chi connectivity index (χ1n) is 5.71. The van der Waals surface area contributed by atoms with Gasteiger partial charge >= 0.3 is 5.97 Å². The molecule has 1 fully saturated rings. The molecule has 90 valence electrons. The van der Waals surface area contributed by atoms with Crippen molar-refractivity contribution in [3.8, 4) is 5.75 Å². The van der Waals surface area contributed by atoms with E-state index in [1.807, 2.05) is 31.2 Å². The molecule has 1 aromatic carbocycles. The number of benzene rings is 1. The van der Waals surface area contributed by atoms with Gasteiger partial charge in [0.25, 0.3) is 0 Å². The molecule has 3 heteroatoms. The molecule has 0 aliphatic carbocycles. The normalized spacial score (nSPS) is 23.6. The molecule has 0 N–H and O–H groups in total. The monoisotopic (exact) mass is 232 g/mol.